The molecule has 0 saturated carbocycles. The molecule has 1 unspecified atom stereocenters. The molecule has 2 N–H and O–H groups in total. The van der Waals surface area contributed by atoms with Crippen LogP contribution in [0.3, 0.4) is 0 Å². The molecular formula is C13H15NO3. The van der Waals surface area contributed by atoms with Gasteiger partial charge in [0.2, 0.25) is 0 Å². The zero-order valence-corrected chi connectivity index (χ0v) is 10.1. The van der Waals surface area contributed by atoms with E-state index in [2.05, 4.69) is 4.98 Å². The second-order valence-electron chi connectivity index (χ2n) is 4.16. The Bertz CT molecular complexity index is 571. The van der Waals surface area contributed by atoms with Gasteiger partial charge in [-0.1, -0.05) is 6.07 Å². The largest absolute Gasteiger partial charge is 0.495 e. The fourth-order valence-electron chi connectivity index (χ4n) is 1.89. The minimum Gasteiger partial charge on any atom is -0.495 e. The quantitative estimate of drug-likeness (QED) is 0.856. The van der Waals surface area contributed by atoms with E-state index >= 15 is 0 Å². The maximum Gasteiger partial charge on any atom is 0.312 e. The summed E-state index contributed by atoms with van der Waals surface area (Å²) in [4.78, 5) is 14.1. The Kier molecular flexibility index (Phi) is 2.79. The number of aryl methyl sites for hydroxylation is 1. The lowest BCUT2D eigenvalue weighted by Crippen LogP contribution is -2.07. The van der Waals surface area contributed by atoms with Crippen molar-refractivity contribution >= 4 is 16.9 Å². The van der Waals surface area contributed by atoms with E-state index in [1.807, 2.05) is 25.1 Å². The van der Waals surface area contributed by atoms with E-state index in [-0.39, 0.29) is 0 Å². The molecule has 0 fully saturated rings. The van der Waals surface area contributed by atoms with Crippen LogP contribution in [0.1, 0.15) is 24.1 Å². The normalized spacial score (nSPS) is 12.6. The van der Waals surface area contributed by atoms with Crippen LogP contribution in [-0.2, 0) is 4.79 Å². The number of hydrogen-bond donors (Lipinski definition) is 2. The van der Waals surface area contributed by atoms with E-state index in [1.165, 1.54) is 0 Å². The standard InChI is InChI=1S/C13H15NO3/c1-7-4-5-11(17-3)12-9(7)6-10(14-12)8(2)13(15)16/h4-6,8,14H,1-3H3,(H,15,16). The number of carboxylic acid groups (broad SMARTS) is 1. The van der Waals surface area contributed by atoms with Crippen molar-refractivity contribution in [2.75, 3.05) is 7.11 Å². The summed E-state index contributed by atoms with van der Waals surface area (Å²) in [5, 5.41) is 10.0. The average molecular weight is 233 g/mol. The monoisotopic (exact) mass is 233 g/mol. The molecular weight excluding hydrogens is 218 g/mol. The first-order valence-corrected chi connectivity index (χ1v) is 5.43. The van der Waals surface area contributed by atoms with Crippen LogP contribution in [0.25, 0.3) is 10.9 Å². The number of H-pyrrole nitrogens is 1. The Balaban J connectivity index is 2.64. The molecule has 4 nitrogen and oxygen atoms in total. The van der Waals surface area contributed by atoms with Crippen LogP contribution in [0.4, 0.5) is 0 Å². The highest BCUT2D eigenvalue weighted by Crippen LogP contribution is 2.30. The van der Waals surface area contributed by atoms with E-state index in [0.717, 1.165) is 22.2 Å². The Labute approximate surface area is 99.2 Å². The van der Waals surface area contributed by atoms with Gasteiger partial charge in [0.05, 0.1) is 18.5 Å². The van der Waals surface area contributed by atoms with Crippen molar-refractivity contribution in [3.8, 4) is 5.75 Å². The van der Waals surface area contributed by atoms with E-state index in [0.29, 0.717) is 5.69 Å². The van der Waals surface area contributed by atoms with Crippen LogP contribution in [0.2, 0.25) is 0 Å². The summed E-state index contributed by atoms with van der Waals surface area (Å²) >= 11 is 0. The molecule has 0 saturated heterocycles. The van der Waals surface area contributed by atoms with Crippen molar-refractivity contribution < 1.29 is 14.6 Å². The van der Waals surface area contributed by atoms with Crippen molar-refractivity contribution in [1.29, 1.82) is 0 Å². The van der Waals surface area contributed by atoms with Crippen LogP contribution in [0.5, 0.6) is 5.75 Å². The van der Waals surface area contributed by atoms with Gasteiger partial charge in [0, 0.05) is 11.1 Å². The van der Waals surface area contributed by atoms with Gasteiger partial charge in [-0.15, -0.1) is 0 Å². The molecule has 0 aliphatic rings. The lowest BCUT2D eigenvalue weighted by Gasteiger charge is -2.03. The zero-order valence-electron chi connectivity index (χ0n) is 10.1. The van der Waals surface area contributed by atoms with E-state index < -0.39 is 11.9 Å². The topological polar surface area (TPSA) is 62.3 Å². The van der Waals surface area contributed by atoms with E-state index in [4.69, 9.17) is 9.84 Å². The van der Waals surface area contributed by atoms with Gasteiger partial charge in [0.25, 0.3) is 0 Å². The molecule has 4 heteroatoms. The minimum absolute atomic E-state index is 0.550. The number of carboxylic acids is 1. The molecule has 2 rings (SSSR count). The highest BCUT2D eigenvalue weighted by Gasteiger charge is 2.17. The van der Waals surface area contributed by atoms with Gasteiger partial charge >= 0.3 is 5.97 Å². The summed E-state index contributed by atoms with van der Waals surface area (Å²) in [6.45, 7) is 3.65. The average Bonchev–Trinajstić information content (AvgIpc) is 2.74. The van der Waals surface area contributed by atoms with Gasteiger partial charge in [-0.25, -0.2) is 0 Å². The third-order valence-electron chi connectivity index (χ3n) is 3.05. The van der Waals surface area contributed by atoms with Crippen molar-refractivity contribution in [1.82, 2.24) is 4.98 Å². The summed E-state index contributed by atoms with van der Waals surface area (Å²) in [7, 11) is 1.60. The Morgan fingerprint density at radius 2 is 2.18 bits per heavy atom. The lowest BCUT2D eigenvalue weighted by atomic mass is 10.1. The predicted octanol–water partition coefficient (Wildman–Crippen LogP) is 2.67. The van der Waals surface area contributed by atoms with E-state index in [1.54, 1.807) is 14.0 Å². The Morgan fingerprint density at radius 3 is 2.76 bits per heavy atom. The molecule has 1 atom stereocenters. The summed E-state index contributed by atoms with van der Waals surface area (Å²) in [6.07, 6.45) is 0. The van der Waals surface area contributed by atoms with Gasteiger partial charge in [0.15, 0.2) is 0 Å². The highest BCUT2D eigenvalue weighted by atomic mass is 16.5. The Morgan fingerprint density at radius 1 is 1.47 bits per heavy atom. The molecule has 1 aromatic carbocycles. The first-order valence-electron chi connectivity index (χ1n) is 5.43. The number of carbonyl (C=O) groups is 1. The lowest BCUT2D eigenvalue weighted by molar-refractivity contribution is -0.138. The second-order valence-corrected chi connectivity index (χ2v) is 4.16. The number of methoxy groups -OCH3 is 1. The number of aromatic amines is 1. The Hall–Kier alpha value is -1.97. The number of aromatic nitrogens is 1. The van der Waals surface area contributed by atoms with Crippen LogP contribution < -0.4 is 4.74 Å². The number of ether oxygens (including phenoxy) is 1. The van der Waals surface area contributed by atoms with Gasteiger partial charge in [-0.05, 0) is 31.5 Å². The molecule has 0 aliphatic heterocycles. The number of nitrogens with one attached hydrogen (secondary N) is 1. The summed E-state index contributed by atoms with van der Waals surface area (Å²) in [5.41, 5.74) is 2.65. The number of rotatable bonds is 3. The van der Waals surface area contributed by atoms with Crippen molar-refractivity contribution in [2.45, 2.75) is 19.8 Å². The van der Waals surface area contributed by atoms with Gasteiger partial charge in [-0.2, -0.15) is 0 Å². The fraction of sp³-hybridized carbons (Fsp3) is 0.308. The van der Waals surface area contributed by atoms with Crippen LogP contribution in [0, 0.1) is 6.92 Å². The molecule has 0 spiro atoms. The summed E-state index contributed by atoms with van der Waals surface area (Å²) < 4.78 is 5.26. The number of hydrogen-bond acceptors (Lipinski definition) is 2. The molecule has 0 bridgehead atoms. The molecule has 90 valence electrons. The first-order chi connectivity index (χ1) is 8.04. The maximum absolute atomic E-state index is 11.0. The van der Waals surface area contributed by atoms with E-state index in [9.17, 15) is 4.79 Å². The molecule has 17 heavy (non-hydrogen) atoms. The number of aliphatic carboxylic acids is 1. The van der Waals surface area contributed by atoms with Crippen LogP contribution in [-0.4, -0.2) is 23.2 Å². The molecule has 1 heterocycles. The SMILES string of the molecule is COc1ccc(C)c2cc(C(C)C(=O)O)[nH]c12. The van der Waals surface area contributed by atoms with Crippen LogP contribution in [0.15, 0.2) is 18.2 Å². The maximum atomic E-state index is 11.0. The fourth-order valence-corrected chi connectivity index (χ4v) is 1.89. The second kappa shape index (κ2) is 4.13. The molecule has 0 aliphatic carbocycles. The van der Waals surface area contributed by atoms with Gasteiger partial charge < -0.3 is 14.8 Å². The van der Waals surface area contributed by atoms with Gasteiger partial charge in [-0.3, -0.25) is 4.79 Å². The van der Waals surface area contributed by atoms with Crippen LogP contribution >= 0.6 is 0 Å². The molecule has 2 aromatic rings. The van der Waals surface area contributed by atoms with Gasteiger partial charge in [0.1, 0.15) is 5.75 Å². The number of benzene rings is 1. The summed E-state index contributed by atoms with van der Waals surface area (Å²) in [6, 6.07) is 5.72. The highest BCUT2D eigenvalue weighted by molar-refractivity contribution is 5.90. The zero-order chi connectivity index (χ0) is 12.6. The van der Waals surface area contributed by atoms with Crippen molar-refractivity contribution in [3.63, 3.8) is 0 Å². The molecule has 1 aromatic heterocycles. The predicted molar refractivity (Wildman–Crippen MR) is 65.6 cm³/mol. The van der Waals surface area contributed by atoms with Crippen molar-refractivity contribution in [3.05, 3.63) is 29.5 Å². The third kappa shape index (κ3) is 1.86. The minimum atomic E-state index is -0.840. The third-order valence-corrected chi connectivity index (χ3v) is 3.05. The first kappa shape index (κ1) is 11.5. The van der Waals surface area contributed by atoms with Crippen molar-refractivity contribution in [2.24, 2.45) is 0 Å². The molecule has 0 radical (unpaired) electrons. The number of fused-ring (bicyclic) bond motifs is 1. The smallest absolute Gasteiger partial charge is 0.312 e. The molecule has 0 amide bonds. The summed E-state index contributed by atoms with van der Waals surface area (Å²) in [5.74, 6) is -0.658.